The van der Waals surface area contributed by atoms with Gasteiger partial charge in [-0.2, -0.15) is 5.26 Å². The fraction of sp³-hybridized carbons (Fsp3) is 0. The molecule has 9 heteroatoms. The van der Waals surface area contributed by atoms with Gasteiger partial charge in [0.1, 0.15) is 6.07 Å². The average Bonchev–Trinajstić information content (AvgIpc) is 2.94. The monoisotopic (exact) mass is 321 g/mol. The van der Waals surface area contributed by atoms with Gasteiger partial charge in [0.25, 0.3) is 0 Å². The molecule has 2 rings (SSSR count). The van der Waals surface area contributed by atoms with Crippen LogP contribution in [0.15, 0.2) is 46.5 Å². The summed E-state index contributed by atoms with van der Waals surface area (Å²) >= 11 is 0.785. The predicted molar refractivity (Wildman–Crippen MR) is 76.0 cm³/mol. The molecule has 0 unspecified atom stereocenters. The number of nitriles is 1. The summed E-state index contributed by atoms with van der Waals surface area (Å²) in [7, 11) is -4.03. The van der Waals surface area contributed by atoms with Gasteiger partial charge in [-0.1, -0.05) is 17.4 Å². The minimum Gasteiger partial charge on any atom is -0.258 e. The van der Waals surface area contributed by atoms with Crippen LogP contribution in [0.25, 0.3) is 6.08 Å². The lowest BCUT2D eigenvalue weighted by molar-refractivity contribution is -0.380. The maximum atomic E-state index is 12.2. The molecule has 0 aliphatic carbocycles. The van der Waals surface area contributed by atoms with Crippen LogP contribution in [0.5, 0.6) is 0 Å². The Morgan fingerprint density at radius 3 is 2.67 bits per heavy atom. The normalized spacial score (nSPS) is 11.9. The Kier molecular flexibility index (Phi) is 4.11. The number of aromatic nitrogens is 1. The molecule has 0 spiro atoms. The van der Waals surface area contributed by atoms with E-state index < -0.39 is 19.7 Å². The molecule has 0 radical (unpaired) electrons. The summed E-state index contributed by atoms with van der Waals surface area (Å²) in [6.07, 6.45) is 2.40. The van der Waals surface area contributed by atoms with Crippen LogP contribution >= 0.6 is 11.3 Å². The van der Waals surface area contributed by atoms with Crippen LogP contribution in [0.1, 0.15) is 4.88 Å². The van der Waals surface area contributed by atoms with E-state index in [1.807, 2.05) is 0 Å². The minimum atomic E-state index is -4.03. The summed E-state index contributed by atoms with van der Waals surface area (Å²) in [5.74, 6) is 0. The highest BCUT2D eigenvalue weighted by Gasteiger charge is 2.22. The molecule has 0 aliphatic rings. The van der Waals surface area contributed by atoms with Gasteiger partial charge < -0.3 is 0 Å². The van der Waals surface area contributed by atoms with Crippen molar-refractivity contribution in [3.8, 4) is 6.07 Å². The zero-order chi connectivity index (χ0) is 15.5. The van der Waals surface area contributed by atoms with E-state index in [-0.39, 0.29) is 10.0 Å². The fourth-order valence-electron chi connectivity index (χ4n) is 1.44. The maximum Gasteiger partial charge on any atom is 0.324 e. The molecule has 0 bridgehead atoms. The van der Waals surface area contributed by atoms with Crippen molar-refractivity contribution < 1.29 is 13.3 Å². The lowest BCUT2D eigenvalue weighted by Crippen LogP contribution is -2.05. The molecule has 106 valence electrons. The summed E-state index contributed by atoms with van der Waals surface area (Å²) in [5.41, 5.74) is 0. The van der Waals surface area contributed by atoms with Gasteiger partial charge in [0.2, 0.25) is 9.84 Å². The Balaban J connectivity index is 2.46. The van der Waals surface area contributed by atoms with Gasteiger partial charge in [-0.05, 0) is 24.3 Å². The van der Waals surface area contributed by atoms with Crippen LogP contribution in [0.3, 0.4) is 0 Å². The largest absolute Gasteiger partial charge is 0.324 e. The van der Waals surface area contributed by atoms with Crippen molar-refractivity contribution in [2.75, 3.05) is 0 Å². The Bertz CT molecular complexity index is 848. The van der Waals surface area contributed by atoms with Crippen molar-refractivity contribution >= 4 is 32.3 Å². The van der Waals surface area contributed by atoms with Gasteiger partial charge in [0.05, 0.1) is 4.92 Å². The van der Waals surface area contributed by atoms with Crippen molar-refractivity contribution in [1.82, 2.24) is 4.98 Å². The van der Waals surface area contributed by atoms with Crippen molar-refractivity contribution in [1.29, 1.82) is 5.26 Å². The summed E-state index contributed by atoms with van der Waals surface area (Å²) in [6.45, 7) is 0. The number of pyridine rings is 1. The standard InChI is InChI=1S/C12H7N3O4S2/c13-8-10(7-9-4-5-12(20-9)15(16)17)21(18,19)11-3-1-2-6-14-11/h1-7H/b10-7+. The number of allylic oxidation sites excluding steroid dienone is 1. The van der Waals surface area contributed by atoms with Crippen molar-refractivity contribution in [2.24, 2.45) is 0 Å². The SMILES string of the molecule is N#C/C(=C\c1ccc([N+](=O)[O-])s1)S(=O)(=O)c1ccccn1. The first-order valence-corrected chi connectivity index (χ1v) is 7.77. The molecule has 0 saturated heterocycles. The molecule has 2 heterocycles. The molecular formula is C12H7N3O4S2. The molecule has 0 aliphatic heterocycles. The molecule has 0 aromatic carbocycles. The van der Waals surface area contributed by atoms with E-state index >= 15 is 0 Å². The third-order valence-electron chi connectivity index (χ3n) is 2.38. The second-order valence-electron chi connectivity index (χ2n) is 3.72. The number of sulfone groups is 1. The Labute approximate surface area is 123 Å². The van der Waals surface area contributed by atoms with Crippen LogP contribution in [-0.2, 0) is 9.84 Å². The van der Waals surface area contributed by atoms with Crippen LogP contribution in [0.4, 0.5) is 5.00 Å². The number of hydrogen-bond donors (Lipinski definition) is 0. The van der Waals surface area contributed by atoms with Gasteiger partial charge >= 0.3 is 5.00 Å². The summed E-state index contributed by atoms with van der Waals surface area (Å²) in [4.78, 5) is 13.5. The fourth-order valence-corrected chi connectivity index (χ4v) is 3.36. The third kappa shape index (κ3) is 3.13. The second-order valence-corrected chi connectivity index (χ2v) is 6.68. The van der Waals surface area contributed by atoms with Gasteiger partial charge in [-0.25, -0.2) is 13.4 Å². The van der Waals surface area contributed by atoms with E-state index in [4.69, 9.17) is 5.26 Å². The van der Waals surface area contributed by atoms with Crippen LogP contribution < -0.4 is 0 Å². The topological polar surface area (TPSA) is 114 Å². The highest BCUT2D eigenvalue weighted by atomic mass is 32.2. The highest BCUT2D eigenvalue weighted by molar-refractivity contribution is 7.95. The molecule has 7 nitrogen and oxygen atoms in total. The van der Waals surface area contributed by atoms with E-state index in [0.29, 0.717) is 4.88 Å². The second kappa shape index (κ2) is 5.82. The lowest BCUT2D eigenvalue weighted by Gasteiger charge is -2.00. The third-order valence-corrected chi connectivity index (χ3v) is 4.94. The lowest BCUT2D eigenvalue weighted by atomic mass is 10.4. The van der Waals surface area contributed by atoms with E-state index in [1.165, 1.54) is 30.5 Å². The summed E-state index contributed by atoms with van der Waals surface area (Å²) in [5, 5.41) is 19.3. The maximum absolute atomic E-state index is 12.2. The van der Waals surface area contributed by atoms with Crippen molar-refractivity contribution in [3.05, 3.63) is 56.4 Å². The first-order chi connectivity index (χ1) is 9.95. The number of nitro groups is 1. The molecule has 21 heavy (non-hydrogen) atoms. The van der Waals surface area contributed by atoms with Crippen LogP contribution in [0.2, 0.25) is 0 Å². The molecule has 2 aromatic rings. The Hall–Kier alpha value is -2.57. The molecular weight excluding hydrogens is 314 g/mol. The minimum absolute atomic E-state index is 0.131. The zero-order valence-corrected chi connectivity index (χ0v) is 12.0. The van der Waals surface area contributed by atoms with Crippen molar-refractivity contribution in [2.45, 2.75) is 5.03 Å². The predicted octanol–water partition coefficient (Wildman–Crippen LogP) is 2.39. The first kappa shape index (κ1) is 14.8. The molecule has 0 atom stereocenters. The quantitative estimate of drug-likeness (QED) is 0.485. The summed E-state index contributed by atoms with van der Waals surface area (Å²) in [6, 6.07) is 8.55. The zero-order valence-electron chi connectivity index (χ0n) is 10.3. The highest BCUT2D eigenvalue weighted by Crippen LogP contribution is 2.27. The van der Waals surface area contributed by atoms with Crippen LogP contribution in [0, 0.1) is 21.4 Å². The Morgan fingerprint density at radius 2 is 2.14 bits per heavy atom. The molecule has 0 saturated carbocycles. The first-order valence-electron chi connectivity index (χ1n) is 5.47. The number of hydrogen-bond acceptors (Lipinski definition) is 7. The molecule has 0 fully saturated rings. The molecule has 0 N–H and O–H groups in total. The smallest absolute Gasteiger partial charge is 0.258 e. The Morgan fingerprint density at radius 1 is 1.38 bits per heavy atom. The van der Waals surface area contributed by atoms with Gasteiger partial charge in [0.15, 0.2) is 9.93 Å². The van der Waals surface area contributed by atoms with Crippen molar-refractivity contribution in [3.63, 3.8) is 0 Å². The number of thiophene rings is 1. The van der Waals surface area contributed by atoms with Gasteiger partial charge in [0, 0.05) is 17.1 Å². The average molecular weight is 321 g/mol. The van der Waals surface area contributed by atoms with Crippen LogP contribution in [-0.4, -0.2) is 18.3 Å². The van der Waals surface area contributed by atoms with E-state index in [9.17, 15) is 18.5 Å². The van der Waals surface area contributed by atoms with E-state index in [0.717, 1.165) is 17.4 Å². The molecule has 0 amide bonds. The number of rotatable bonds is 4. The molecule has 2 aromatic heterocycles. The van der Waals surface area contributed by atoms with E-state index in [2.05, 4.69) is 4.98 Å². The van der Waals surface area contributed by atoms with Gasteiger partial charge in [-0.15, -0.1) is 0 Å². The van der Waals surface area contributed by atoms with E-state index in [1.54, 1.807) is 12.1 Å². The van der Waals surface area contributed by atoms with Gasteiger partial charge in [-0.3, -0.25) is 10.1 Å². The number of nitrogens with zero attached hydrogens (tertiary/aromatic N) is 3. The summed E-state index contributed by atoms with van der Waals surface area (Å²) < 4.78 is 24.5.